The predicted octanol–water partition coefficient (Wildman–Crippen LogP) is 5.81. The van der Waals surface area contributed by atoms with E-state index in [9.17, 15) is 4.79 Å². The van der Waals surface area contributed by atoms with Crippen molar-refractivity contribution in [1.29, 1.82) is 0 Å². The Bertz CT molecular complexity index is 1390. The predicted molar refractivity (Wildman–Crippen MR) is 135 cm³/mol. The van der Waals surface area contributed by atoms with Crippen LogP contribution in [-0.4, -0.2) is 46.8 Å². The van der Waals surface area contributed by atoms with Crippen LogP contribution in [0.1, 0.15) is 38.8 Å². The van der Waals surface area contributed by atoms with Crippen molar-refractivity contribution in [2.75, 3.05) is 25.0 Å². The number of aryl methyl sites for hydroxylation is 2. The second-order valence-corrected chi connectivity index (χ2v) is 10.7. The van der Waals surface area contributed by atoms with E-state index in [0.717, 1.165) is 51.7 Å². The number of aromatic nitrogens is 2. The number of fused-ring (bicyclic) bond motifs is 4. The Kier molecular flexibility index (Phi) is 4.87. The van der Waals surface area contributed by atoms with Crippen LogP contribution in [0.3, 0.4) is 0 Å². The van der Waals surface area contributed by atoms with E-state index in [4.69, 9.17) is 16.7 Å². The van der Waals surface area contributed by atoms with Gasteiger partial charge in [-0.05, 0) is 75.8 Å². The fourth-order valence-corrected chi connectivity index (χ4v) is 6.62. The van der Waals surface area contributed by atoms with Crippen LogP contribution in [0.15, 0.2) is 48.5 Å². The molecule has 2 aliphatic rings. The minimum atomic E-state index is 0.0976. The summed E-state index contributed by atoms with van der Waals surface area (Å²) in [6.45, 7) is 6.12. The van der Waals surface area contributed by atoms with Crippen LogP contribution < -0.4 is 4.90 Å². The number of amides is 1. The van der Waals surface area contributed by atoms with Crippen LogP contribution in [-0.2, 0) is 0 Å². The van der Waals surface area contributed by atoms with E-state index >= 15 is 0 Å². The Hall–Kier alpha value is -2.67. The molecule has 2 aromatic carbocycles. The topological polar surface area (TPSA) is 41.4 Å². The molecule has 5 nitrogen and oxygen atoms in total. The van der Waals surface area contributed by atoms with Gasteiger partial charge in [-0.2, -0.15) is 5.10 Å². The van der Waals surface area contributed by atoms with E-state index in [2.05, 4.69) is 42.0 Å². The molecule has 0 spiro atoms. The third-order valence-electron chi connectivity index (χ3n) is 7.00. The molecule has 1 saturated heterocycles. The Morgan fingerprint density at radius 3 is 2.70 bits per heavy atom. The molecule has 2 aromatic heterocycles. The van der Waals surface area contributed by atoms with Crippen LogP contribution in [0.25, 0.3) is 15.9 Å². The Labute approximate surface area is 202 Å². The molecule has 4 heterocycles. The quantitative estimate of drug-likeness (QED) is 0.367. The Morgan fingerprint density at radius 1 is 1.12 bits per heavy atom. The first-order valence-corrected chi connectivity index (χ1v) is 12.5. The standard InChI is InChI=1S/C26H25ClN4OS/c1-15-4-9-22-20(12-15)21-14-29(3)11-10-23(21)30(22)25(32)24-13-19-16(2)28-31(26(19)33-24)18-7-5-17(27)6-8-18/h4-9,12-13,21,23H,10-11,14H2,1-3H3/t21-,23-/m1/s1. The minimum absolute atomic E-state index is 0.0976. The van der Waals surface area contributed by atoms with Crippen molar-refractivity contribution in [3.05, 3.63) is 75.3 Å². The largest absolute Gasteiger partial charge is 0.306 e. The maximum atomic E-state index is 14.0. The highest BCUT2D eigenvalue weighted by molar-refractivity contribution is 7.20. The number of rotatable bonds is 2. The van der Waals surface area contributed by atoms with Crippen molar-refractivity contribution in [1.82, 2.24) is 14.7 Å². The fraction of sp³-hybridized carbons (Fsp3) is 0.308. The molecule has 4 aromatic rings. The molecule has 0 unspecified atom stereocenters. The number of hydrogen-bond acceptors (Lipinski definition) is 4. The van der Waals surface area contributed by atoms with Gasteiger partial charge in [0.15, 0.2) is 0 Å². The number of anilines is 1. The van der Waals surface area contributed by atoms with Crippen molar-refractivity contribution >= 4 is 44.7 Å². The van der Waals surface area contributed by atoms with E-state index in [-0.39, 0.29) is 11.9 Å². The molecule has 0 bridgehead atoms. The Balaban J connectivity index is 1.43. The highest BCUT2D eigenvalue weighted by Crippen LogP contribution is 2.46. The lowest BCUT2D eigenvalue weighted by atomic mass is 9.89. The lowest BCUT2D eigenvalue weighted by molar-refractivity contribution is 0.0968. The number of piperidine rings is 1. The highest BCUT2D eigenvalue weighted by atomic mass is 35.5. The van der Waals surface area contributed by atoms with Crippen LogP contribution in [0, 0.1) is 13.8 Å². The average molecular weight is 477 g/mol. The van der Waals surface area contributed by atoms with Gasteiger partial charge in [-0.25, -0.2) is 4.68 Å². The molecule has 168 valence electrons. The second-order valence-electron chi connectivity index (χ2n) is 9.27. The smallest absolute Gasteiger partial charge is 0.268 e. The highest BCUT2D eigenvalue weighted by Gasteiger charge is 2.44. The molecule has 7 heteroatoms. The summed E-state index contributed by atoms with van der Waals surface area (Å²) in [6.07, 6.45) is 0.989. The van der Waals surface area contributed by atoms with Gasteiger partial charge in [0.2, 0.25) is 0 Å². The van der Waals surface area contributed by atoms with E-state index in [0.29, 0.717) is 10.9 Å². The van der Waals surface area contributed by atoms with Crippen LogP contribution >= 0.6 is 22.9 Å². The van der Waals surface area contributed by atoms with Crippen LogP contribution in [0.4, 0.5) is 5.69 Å². The minimum Gasteiger partial charge on any atom is -0.306 e. The first kappa shape index (κ1) is 20.9. The average Bonchev–Trinajstić information content (AvgIpc) is 3.45. The monoisotopic (exact) mass is 476 g/mol. The molecular formula is C26H25ClN4OS. The number of carbonyl (C=O) groups is 1. The maximum absolute atomic E-state index is 14.0. The molecule has 1 fully saturated rings. The molecular weight excluding hydrogens is 452 g/mol. The van der Waals surface area contributed by atoms with Crippen molar-refractivity contribution in [3.63, 3.8) is 0 Å². The summed E-state index contributed by atoms with van der Waals surface area (Å²) in [5.74, 6) is 0.462. The van der Waals surface area contributed by atoms with Gasteiger partial charge in [0.25, 0.3) is 5.91 Å². The third-order valence-corrected chi connectivity index (χ3v) is 8.35. The summed E-state index contributed by atoms with van der Waals surface area (Å²) in [6, 6.07) is 16.4. The number of thiophene rings is 1. The zero-order valence-electron chi connectivity index (χ0n) is 18.9. The van der Waals surface area contributed by atoms with E-state index in [1.807, 2.05) is 41.9 Å². The molecule has 0 saturated carbocycles. The van der Waals surface area contributed by atoms with E-state index < -0.39 is 0 Å². The summed E-state index contributed by atoms with van der Waals surface area (Å²) in [4.78, 5) is 20.2. The van der Waals surface area contributed by atoms with Gasteiger partial charge in [-0.3, -0.25) is 4.79 Å². The van der Waals surface area contributed by atoms with Crippen LogP contribution in [0.5, 0.6) is 0 Å². The summed E-state index contributed by atoms with van der Waals surface area (Å²) in [5, 5.41) is 6.44. The third kappa shape index (κ3) is 3.31. The lowest BCUT2D eigenvalue weighted by Crippen LogP contribution is -2.47. The van der Waals surface area contributed by atoms with E-state index in [1.165, 1.54) is 22.5 Å². The SMILES string of the molecule is Cc1ccc2c(c1)[C@H]1CN(C)CC[C@H]1N2C(=O)c1cc2c(C)nn(-c3ccc(Cl)cc3)c2s1. The number of nitrogens with zero attached hydrogens (tertiary/aromatic N) is 4. The summed E-state index contributed by atoms with van der Waals surface area (Å²) < 4.78 is 1.92. The summed E-state index contributed by atoms with van der Waals surface area (Å²) in [7, 11) is 2.17. The van der Waals surface area contributed by atoms with E-state index in [1.54, 1.807) is 0 Å². The van der Waals surface area contributed by atoms with Crippen molar-refractivity contribution in [2.24, 2.45) is 0 Å². The number of likely N-dealkylation sites (N-methyl/N-ethyl adjacent to an activating group) is 1. The summed E-state index contributed by atoms with van der Waals surface area (Å²) in [5.41, 5.74) is 5.49. The van der Waals surface area contributed by atoms with Gasteiger partial charge in [0.05, 0.1) is 16.3 Å². The molecule has 6 rings (SSSR count). The molecule has 0 aliphatic carbocycles. The number of benzene rings is 2. The van der Waals surface area contributed by atoms with Crippen molar-refractivity contribution < 1.29 is 4.79 Å². The van der Waals surface area contributed by atoms with Gasteiger partial charge in [-0.15, -0.1) is 11.3 Å². The zero-order valence-corrected chi connectivity index (χ0v) is 20.5. The summed E-state index contributed by atoms with van der Waals surface area (Å²) >= 11 is 7.60. The van der Waals surface area contributed by atoms with Crippen molar-refractivity contribution in [3.8, 4) is 5.69 Å². The second kappa shape index (κ2) is 7.69. The van der Waals surface area contributed by atoms with Gasteiger partial charge in [0, 0.05) is 34.6 Å². The number of hydrogen-bond donors (Lipinski definition) is 0. The van der Waals surface area contributed by atoms with Gasteiger partial charge >= 0.3 is 0 Å². The first-order chi connectivity index (χ1) is 15.9. The normalized spacial score (nSPS) is 20.3. The maximum Gasteiger partial charge on any atom is 0.268 e. The van der Waals surface area contributed by atoms with Crippen LogP contribution in [0.2, 0.25) is 5.02 Å². The molecule has 0 N–H and O–H groups in total. The molecule has 33 heavy (non-hydrogen) atoms. The first-order valence-electron chi connectivity index (χ1n) is 11.3. The fourth-order valence-electron chi connectivity index (χ4n) is 5.37. The van der Waals surface area contributed by atoms with Gasteiger partial charge in [0.1, 0.15) is 4.83 Å². The van der Waals surface area contributed by atoms with Gasteiger partial charge < -0.3 is 9.80 Å². The van der Waals surface area contributed by atoms with Gasteiger partial charge in [-0.1, -0.05) is 29.3 Å². The Morgan fingerprint density at radius 2 is 1.91 bits per heavy atom. The molecule has 0 radical (unpaired) electrons. The molecule has 2 atom stereocenters. The molecule has 2 aliphatic heterocycles. The number of carbonyl (C=O) groups excluding carboxylic acids is 1. The van der Waals surface area contributed by atoms with Crippen molar-refractivity contribution in [2.45, 2.75) is 32.2 Å². The lowest BCUT2D eigenvalue weighted by Gasteiger charge is -2.36. The molecule has 1 amide bonds. The number of halogens is 1. The number of likely N-dealkylation sites (tertiary alicyclic amines) is 1. The zero-order chi connectivity index (χ0) is 22.9.